The van der Waals surface area contributed by atoms with E-state index in [4.69, 9.17) is 6.42 Å². The highest BCUT2D eigenvalue weighted by Gasteiger charge is 2.39. The van der Waals surface area contributed by atoms with E-state index in [1.807, 2.05) is 0 Å². The van der Waals surface area contributed by atoms with E-state index in [2.05, 4.69) is 10.6 Å². The lowest BCUT2D eigenvalue weighted by molar-refractivity contribution is 0.0650. The largest absolute Gasteiger partial charge is 0.391 e. The van der Waals surface area contributed by atoms with Crippen molar-refractivity contribution in [2.75, 3.05) is 13.1 Å². The summed E-state index contributed by atoms with van der Waals surface area (Å²) in [5.41, 5.74) is 0.313. The van der Waals surface area contributed by atoms with Gasteiger partial charge in [0.1, 0.15) is 0 Å². The topological polar surface area (TPSA) is 86.7 Å². The summed E-state index contributed by atoms with van der Waals surface area (Å²) in [7, 11) is -3.76. The van der Waals surface area contributed by atoms with Gasteiger partial charge in [0.05, 0.1) is 17.5 Å². The third-order valence-electron chi connectivity index (χ3n) is 5.53. The van der Waals surface area contributed by atoms with Crippen LogP contribution in [0.15, 0.2) is 29.2 Å². The van der Waals surface area contributed by atoms with Crippen LogP contribution in [0.5, 0.6) is 0 Å². The minimum absolute atomic E-state index is 0.0116. The zero-order valence-electron chi connectivity index (χ0n) is 15.3. The third-order valence-corrected chi connectivity index (χ3v) is 6.93. The molecule has 146 valence electrons. The monoisotopic (exact) mass is 390 g/mol. The van der Waals surface area contributed by atoms with Crippen LogP contribution in [-0.4, -0.2) is 49.6 Å². The number of amides is 1. The summed E-state index contributed by atoms with van der Waals surface area (Å²) < 4.78 is 26.9. The second kappa shape index (κ2) is 8.42. The number of carbonyl (C=O) groups excluding carboxylic acids is 1. The van der Waals surface area contributed by atoms with Gasteiger partial charge in [-0.25, -0.2) is 8.42 Å². The van der Waals surface area contributed by atoms with Crippen molar-refractivity contribution in [3.8, 4) is 12.3 Å². The second-order valence-electron chi connectivity index (χ2n) is 7.37. The lowest BCUT2D eigenvalue weighted by atomic mass is 9.82. The molecule has 6 nitrogen and oxygen atoms in total. The maximum absolute atomic E-state index is 13.1. The lowest BCUT2D eigenvalue weighted by Crippen LogP contribution is -2.41. The van der Waals surface area contributed by atoms with Crippen LogP contribution in [0.2, 0.25) is 0 Å². The molecule has 1 saturated carbocycles. The SMILES string of the molecule is C#CCNS(=O)(=O)c1cccc(C(=O)N2C[C@H](O)C[C@H]2C2CCCCC2)c1. The molecule has 0 unspecified atom stereocenters. The van der Waals surface area contributed by atoms with E-state index in [1.165, 1.54) is 18.6 Å². The van der Waals surface area contributed by atoms with Crippen LogP contribution in [0.25, 0.3) is 0 Å². The number of rotatable bonds is 5. The van der Waals surface area contributed by atoms with Gasteiger partial charge in [0.2, 0.25) is 10.0 Å². The van der Waals surface area contributed by atoms with Gasteiger partial charge < -0.3 is 10.0 Å². The molecule has 1 aliphatic carbocycles. The molecule has 0 radical (unpaired) electrons. The lowest BCUT2D eigenvalue weighted by Gasteiger charge is -2.34. The van der Waals surface area contributed by atoms with E-state index < -0.39 is 16.1 Å². The first-order valence-corrected chi connectivity index (χ1v) is 10.9. The van der Waals surface area contributed by atoms with Crippen LogP contribution in [0.3, 0.4) is 0 Å². The Labute approximate surface area is 161 Å². The summed E-state index contributed by atoms with van der Waals surface area (Å²) in [5.74, 6) is 2.41. The third kappa shape index (κ3) is 4.52. The highest BCUT2D eigenvalue weighted by molar-refractivity contribution is 7.89. The van der Waals surface area contributed by atoms with Crippen LogP contribution in [0.1, 0.15) is 48.9 Å². The van der Waals surface area contributed by atoms with Gasteiger partial charge in [-0.3, -0.25) is 4.79 Å². The van der Waals surface area contributed by atoms with Gasteiger partial charge in [-0.05, 0) is 43.4 Å². The van der Waals surface area contributed by atoms with Crippen molar-refractivity contribution in [2.24, 2.45) is 5.92 Å². The maximum atomic E-state index is 13.1. The number of nitrogens with zero attached hydrogens (tertiary/aromatic N) is 1. The summed E-state index contributed by atoms with van der Waals surface area (Å²) >= 11 is 0. The number of carbonyl (C=O) groups is 1. The fraction of sp³-hybridized carbons (Fsp3) is 0.550. The van der Waals surface area contributed by atoms with Crippen LogP contribution in [0.4, 0.5) is 0 Å². The molecule has 0 aromatic heterocycles. The molecular formula is C20H26N2O4S. The van der Waals surface area contributed by atoms with Crippen molar-refractivity contribution >= 4 is 15.9 Å². The van der Waals surface area contributed by atoms with Gasteiger partial charge in [0, 0.05) is 18.2 Å². The van der Waals surface area contributed by atoms with Gasteiger partial charge >= 0.3 is 0 Å². The van der Waals surface area contributed by atoms with Gasteiger partial charge in [-0.15, -0.1) is 6.42 Å². The van der Waals surface area contributed by atoms with E-state index in [1.54, 1.807) is 17.0 Å². The number of nitrogens with one attached hydrogen (secondary N) is 1. The van der Waals surface area contributed by atoms with Crippen LogP contribution in [-0.2, 0) is 10.0 Å². The molecule has 1 aromatic carbocycles. The molecular weight excluding hydrogens is 364 g/mol. The molecule has 2 aliphatic rings. The minimum Gasteiger partial charge on any atom is -0.391 e. The Bertz CT molecular complexity index is 825. The maximum Gasteiger partial charge on any atom is 0.254 e. The summed E-state index contributed by atoms with van der Waals surface area (Å²) in [5, 5.41) is 10.2. The van der Waals surface area contributed by atoms with Gasteiger partial charge in [0.15, 0.2) is 0 Å². The predicted octanol–water partition coefficient (Wildman–Crippen LogP) is 1.75. The number of β-amino-alcohol motifs (C(OH)–C–C–N with tert-alkyl or cyclic N) is 1. The van der Waals surface area contributed by atoms with E-state index in [9.17, 15) is 18.3 Å². The number of likely N-dealkylation sites (tertiary alicyclic amines) is 1. The van der Waals surface area contributed by atoms with Gasteiger partial charge in [0.25, 0.3) is 5.91 Å². The number of hydrogen-bond donors (Lipinski definition) is 2. The molecule has 1 aliphatic heterocycles. The normalized spacial score (nSPS) is 23.9. The Morgan fingerprint density at radius 2 is 2.04 bits per heavy atom. The molecule has 0 spiro atoms. The predicted molar refractivity (Wildman–Crippen MR) is 102 cm³/mol. The Kier molecular flexibility index (Phi) is 6.20. The van der Waals surface area contributed by atoms with E-state index in [-0.39, 0.29) is 23.4 Å². The average molecular weight is 391 g/mol. The summed E-state index contributed by atoms with van der Waals surface area (Å²) in [6.07, 6.45) is 10.9. The quantitative estimate of drug-likeness (QED) is 0.750. The van der Waals surface area contributed by atoms with E-state index >= 15 is 0 Å². The van der Waals surface area contributed by atoms with E-state index in [0.29, 0.717) is 24.4 Å². The zero-order valence-corrected chi connectivity index (χ0v) is 16.1. The molecule has 2 atom stereocenters. The molecule has 7 heteroatoms. The molecule has 2 fully saturated rings. The highest BCUT2D eigenvalue weighted by Crippen LogP contribution is 2.35. The first-order valence-electron chi connectivity index (χ1n) is 9.44. The number of aliphatic hydroxyl groups is 1. The van der Waals surface area contributed by atoms with Crippen molar-refractivity contribution in [3.05, 3.63) is 29.8 Å². The van der Waals surface area contributed by atoms with Gasteiger partial charge in [-0.2, -0.15) is 4.72 Å². The molecule has 1 amide bonds. The van der Waals surface area contributed by atoms with Crippen molar-refractivity contribution in [2.45, 2.75) is 55.6 Å². The molecule has 0 bridgehead atoms. The molecule has 2 N–H and O–H groups in total. The van der Waals surface area contributed by atoms with Crippen LogP contribution >= 0.6 is 0 Å². The zero-order chi connectivity index (χ0) is 19.4. The summed E-state index contributed by atoms with van der Waals surface area (Å²) in [6, 6.07) is 6.01. The van der Waals surface area contributed by atoms with Gasteiger partial charge in [-0.1, -0.05) is 31.2 Å². The number of benzene rings is 1. The summed E-state index contributed by atoms with van der Waals surface area (Å²) in [4.78, 5) is 14.9. The number of hydrogen-bond acceptors (Lipinski definition) is 4. The minimum atomic E-state index is -3.76. The molecule has 1 heterocycles. The number of terminal acetylenes is 1. The molecule has 27 heavy (non-hydrogen) atoms. The smallest absolute Gasteiger partial charge is 0.254 e. The number of sulfonamides is 1. The standard InChI is InChI=1S/C20H26N2O4S/c1-2-11-21-27(25,26)18-10-6-9-16(12-18)20(24)22-14-17(23)13-19(22)15-7-4-3-5-8-15/h1,6,9-10,12,15,17,19,21,23H,3-5,7-8,11,13-14H2/t17-,19+/m1/s1. The van der Waals surface area contributed by atoms with Crippen molar-refractivity contribution in [1.29, 1.82) is 0 Å². The fourth-order valence-corrected chi connectivity index (χ4v) is 5.20. The Morgan fingerprint density at radius 1 is 1.30 bits per heavy atom. The Hall–Kier alpha value is -1.88. The first-order chi connectivity index (χ1) is 12.9. The summed E-state index contributed by atoms with van der Waals surface area (Å²) in [6.45, 7) is 0.189. The van der Waals surface area contributed by atoms with Crippen molar-refractivity contribution in [3.63, 3.8) is 0 Å². The molecule has 3 rings (SSSR count). The van der Waals surface area contributed by atoms with Crippen LogP contribution in [0, 0.1) is 18.3 Å². The second-order valence-corrected chi connectivity index (χ2v) is 9.14. The highest BCUT2D eigenvalue weighted by atomic mass is 32.2. The molecule has 1 saturated heterocycles. The van der Waals surface area contributed by atoms with Crippen molar-refractivity contribution < 1.29 is 18.3 Å². The molecule has 1 aromatic rings. The number of aliphatic hydroxyl groups excluding tert-OH is 1. The first kappa shape index (κ1) is 19.9. The van der Waals surface area contributed by atoms with E-state index in [0.717, 1.165) is 25.7 Å². The van der Waals surface area contributed by atoms with Crippen molar-refractivity contribution in [1.82, 2.24) is 9.62 Å². The fourth-order valence-electron chi connectivity index (χ4n) is 4.22. The van der Waals surface area contributed by atoms with Crippen LogP contribution < -0.4 is 4.72 Å². The average Bonchev–Trinajstić information content (AvgIpc) is 3.08. The Balaban J connectivity index is 1.82. The Morgan fingerprint density at radius 3 is 2.74 bits per heavy atom.